The molecule has 1 aromatic rings. The first-order chi connectivity index (χ1) is 17.6. The first kappa shape index (κ1) is 32.2. The number of carboxylic acid groups (broad SMARTS) is 1. The van der Waals surface area contributed by atoms with Crippen molar-refractivity contribution in [3.63, 3.8) is 0 Å². The summed E-state index contributed by atoms with van der Waals surface area (Å²) in [6, 6.07) is 6.22. The van der Waals surface area contributed by atoms with Gasteiger partial charge in [-0.1, -0.05) is 141 Å². The number of hydrogen-bond acceptors (Lipinski definition) is 3. The van der Waals surface area contributed by atoms with Crippen LogP contribution < -0.4 is 0 Å². The second-order valence-electron chi connectivity index (χ2n) is 10.6. The van der Waals surface area contributed by atoms with Crippen LogP contribution in [0.5, 0.6) is 0 Å². The Morgan fingerprint density at radius 3 is 1.39 bits per heavy atom. The molecule has 1 N–H and O–H groups in total. The molecular formula is C32H54O4. The highest BCUT2D eigenvalue weighted by molar-refractivity contribution is 6.02. The predicted octanol–water partition coefficient (Wildman–Crippen LogP) is 10.1. The van der Waals surface area contributed by atoms with Gasteiger partial charge in [0.25, 0.3) is 0 Å². The summed E-state index contributed by atoms with van der Waals surface area (Å²) in [4.78, 5) is 23.6. The minimum absolute atomic E-state index is 0.00602. The summed E-state index contributed by atoms with van der Waals surface area (Å²) in [5.74, 6) is -1.65. The highest BCUT2D eigenvalue weighted by Crippen LogP contribution is 2.17. The molecule has 1 atom stereocenters. The molecule has 4 heteroatoms. The molecule has 0 aliphatic heterocycles. The van der Waals surface area contributed by atoms with Crippen LogP contribution in [0.4, 0.5) is 0 Å². The number of benzene rings is 1. The molecule has 0 unspecified atom stereocenters. The fraction of sp³-hybridized carbons (Fsp3) is 0.750. The molecule has 36 heavy (non-hydrogen) atoms. The van der Waals surface area contributed by atoms with Gasteiger partial charge in [0.15, 0.2) is 0 Å². The number of hydrogen-bond donors (Lipinski definition) is 1. The van der Waals surface area contributed by atoms with E-state index < -0.39 is 11.9 Å². The third-order valence-electron chi connectivity index (χ3n) is 7.15. The van der Waals surface area contributed by atoms with E-state index in [4.69, 9.17) is 4.74 Å². The Kier molecular flexibility index (Phi) is 20.0. The van der Waals surface area contributed by atoms with Gasteiger partial charge in [-0.3, -0.25) is 0 Å². The van der Waals surface area contributed by atoms with E-state index in [-0.39, 0.29) is 17.2 Å². The van der Waals surface area contributed by atoms with Crippen molar-refractivity contribution in [3.8, 4) is 0 Å². The maximum atomic E-state index is 12.3. The smallest absolute Gasteiger partial charge is 0.339 e. The Morgan fingerprint density at radius 2 is 1.00 bits per heavy atom. The van der Waals surface area contributed by atoms with Gasteiger partial charge in [0, 0.05) is 0 Å². The van der Waals surface area contributed by atoms with Crippen LogP contribution in [0.25, 0.3) is 0 Å². The molecule has 0 saturated heterocycles. The lowest BCUT2D eigenvalue weighted by Crippen LogP contribution is -2.17. The van der Waals surface area contributed by atoms with Crippen LogP contribution in [0.1, 0.15) is 169 Å². The van der Waals surface area contributed by atoms with Crippen molar-refractivity contribution in [2.45, 2.75) is 155 Å². The number of unbranched alkanes of at least 4 members (excludes halogenated alkanes) is 19. The quantitative estimate of drug-likeness (QED) is 0.113. The van der Waals surface area contributed by atoms with Gasteiger partial charge in [0.1, 0.15) is 0 Å². The lowest BCUT2D eigenvalue weighted by atomic mass is 10.0. The summed E-state index contributed by atoms with van der Waals surface area (Å²) in [6.45, 7) is 4.17. The Balaban J connectivity index is 1.87. The van der Waals surface area contributed by atoms with Crippen molar-refractivity contribution in [3.05, 3.63) is 35.4 Å². The van der Waals surface area contributed by atoms with Gasteiger partial charge in [-0.25, -0.2) is 9.59 Å². The van der Waals surface area contributed by atoms with Gasteiger partial charge in [-0.15, -0.1) is 0 Å². The summed E-state index contributed by atoms with van der Waals surface area (Å²) in [6.07, 6.45) is 27.9. The molecule has 206 valence electrons. The summed E-state index contributed by atoms with van der Waals surface area (Å²) >= 11 is 0. The van der Waals surface area contributed by atoms with E-state index in [1.54, 1.807) is 12.1 Å². The maximum absolute atomic E-state index is 12.3. The second kappa shape index (κ2) is 22.4. The number of carbonyl (C=O) groups excluding carboxylic acids is 1. The zero-order valence-electron chi connectivity index (χ0n) is 23.4. The topological polar surface area (TPSA) is 63.6 Å². The Morgan fingerprint density at radius 1 is 0.639 bits per heavy atom. The fourth-order valence-electron chi connectivity index (χ4n) is 4.84. The molecule has 0 saturated carbocycles. The normalized spacial score (nSPS) is 11.9. The fourth-order valence-corrected chi connectivity index (χ4v) is 4.84. The van der Waals surface area contributed by atoms with E-state index in [0.29, 0.717) is 0 Å². The van der Waals surface area contributed by atoms with Crippen LogP contribution >= 0.6 is 0 Å². The van der Waals surface area contributed by atoms with Crippen LogP contribution in [0.3, 0.4) is 0 Å². The molecule has 0 bridgehead atoms. The van der Waals surface area contributed by atoms with Gasteiger partial charge < -0.3 is 9.84 Å². The molecule has 4 nitrogen and oxygen atoms in total. The van der Waals surface area contributed by atoms with Gasteiger partial charge in [0.05, 0.1) is 17.2 Å². The number of carboxylic acids is 1. The summed E-state index contributed by atoms with van der Waals surface area (Å²) in [7, 11) is 0. The number of aromatic carboxylic acids is 1. The van der Waals surface area contributed by atoms with E-state index in [2.05, 4.69) is 6.92 Å². The molecule has 0 aromatic heterocycles. The lowest BCUT2D eigenvalue weighted by Gasteiger charge is -2.14. The van der Waals surface area contributed by atoms with Gasteiger partial charge >= 0.3 is 11.9 Å². The number of ether oxygens (including phenoxy) is 1. The lowest BCUT2D eigenvalue weighted by molar-refractivity contribution is 0.0313. The minimum Gasteiger partial charge on any atom is -0.478 e. The minimum atomic E-state index is -1.11. The molecule has 0 amide bonds. The third-order valence-corrected chi connectivity index (χ3v) is 7.15. The number of rotatable bonds is 24. The van der Waals surface area contributed by atoms with Crippen LogP contribution in [-0.4, -0.2) is 23.1 Å². The first-order valence-corrected chi connectivity index (χ1v) is 15.1. The Hall–Kier alpha value is -1.84. The summed E-state index contributed by atoms with van der Waals surface area (Å²) < 4.78 is 5.47. The molecule has 0 radical (unpaired) electrons. The van der Waals surface area contributed by atoms with Crippen molar-refractivity contribution in [1.82, 2.24) is 0 Å². The van der Waals surface area contributed by atoms with Gasteiger partial charge in [0.2, 0.25) is 0 Å². The number of esters is 1. The molecule has 0 spiro atoms. The van der Waals surface area contributed by atoms with E-state index >= 15 is 0 Å². The van der Waals surface area contributed by atoms with E-state index in [1.807, 2.05) is 6.92 Å². The molecule has 0 aliphatic rings. The van der Waals surface area contributed by atoms with E-state index in [9.17, 15) is 14.7 Å². The zero-order valence-corrected chi connectivity index (χ0v) is 23.4. The van der Waals surface area contributed by atoms with Crippen molar-refractivity contribution in [1.29, 1.82) is 0 Å². The second-order valence-corrected chi connectivity index (χ2v) is 10.6. The molecule has 0 heterocycles. The van der Waals surface area contributed by atoms with Crippen LogP contribution in [0, 0.1) is 0 Å². The van der Waals surface area contributed by atoms with Crippen molar-refractivity contribution < 1.29 is 19.4 Å². The van der Waals surface area contributed by atoms with E-state index in [1.165, 1.54) is 128 Å². The third kappa shape index (κ3) is 16.8. The SMILES string of the molecule is CCCCCCCCCCCCCCCCCCCCCC[C@@H](C)OC(=O)c1ccccc1C(=O)O. The first-order valence-electron chi connectivity index (χ1n) is 15.1. The van der Waals surface area contributed by atoms with Gasteiger partial charge in [-0.05, 0) is 31.9 Å². The van der Waals surface area contributed by atoms with Crippen molar-refractivity contribution in [2.75, 3.05) is 0 Å². The van der Waals surface area contributed by atoms with Crippen molar-refractivity contribution in [2.24, 2.45) is 0 Å². The molecular weight excluding hydrogens is 448 g/mol. The van der Waals surface area contributed by atoms with Gasteiger partial charge in [-0.2, -0.15) is 0 Å². The van der Waals surface area contributed by atoms with Crippen LogP contribution in [0.15, 0.2) is 24.3 Å². The van der Waals surface area contributed by atoms with E-state index in [0.717, 1.165) is 19.3 Å². The highest BCUT2D eigenvalue weighted by atomic mass is 16.5. The number of carbonyl (C=O) groups is 2. The molecule has 0 fully saturated rings. The average Bonchev–Trinajstić information content (AvgIpc) is 2.87. The maximum Gasteiger partial charge on any atom is 0.339 e. The van der Waals surface area contributed by atoms with Crippen LogP contribution in [0.2, 0.25) is 0 Å². The monoisotopic (exact) mass is 502 g/mol. The molecule has 1 aromatic carbocycles. The standard InChI is InChI=1S/C32H54O4/c1-3-4-5-6-7-8-9-10-11-12-13-14-15-16-17-18-19-20-21-22-25-28(2)36-32(35)30-27-24-23-26-29(30)31(33)34/h23-24,26-28H,3-22,25H2,1-2H3,(H,33,34)/t28-/m1/s1. The predicted molar refractivity (Wildman–Crippen MR) is 151 cm³/mol. The zero-order chi connectivity index (χ0) is 26.3. The average molecular weight is 503 g/mol. The van der Waals surface area contributed by atoms with Crippen LogP contribution in [-0.2, 0) is 4.74 Å². The summed E-state index contributed by atoms with van der Waals surface area (Å²) in [5.41, 5.74) is 0.119. The molecule has 0 aliphatic carbocycles. The Bertz CT molecular complexity index is 684. The molecule has 1 rings (SSSR count). The van der Waals surface area contributed by atoms with Crippen molar-refractivity contribution >= 4 is 11.9 Å². The highest BCUT2D eigenvalue weighted by Gasteiger charge is 2.18. The Labute approximate surface area is 221 Å². The summed E-state index contributed by atoms with van der Waals surface area (Å²) in [5, 5.41) is 9.22. The largest absolute Gasteiger partial charge is 0.478 e.